The molecule has 5 rings (SSSR count). The molecule has 0 N–H and O–H groups in total. The quantitative estimate of drug-likeness (QED) is 0.670. The summed E-state index contributed by atoms with van der Waals surface area (Å²) in [5.41, 5.74) is 1.95. The number of fused-ring (bicyclic) bond motifs is 4. The number of benzene rings is 1. The number of pyridine rings is 1. The molecule has 0 saturated carbocycles. The number of carbonyl (C=O) groups excluding carboxylic acids is 1. The number of anilines is 1. The van der Waals surface area contributed by atoms with Crippen LogP contribution in [0, 0.1) is 0 Å². The van der Waals surface area contributed by atoms with Gasteiger partial charge in [-0.25, -0.2) is 4.98 Å². The van der Waals surface area contributed by atoms with Crippen LogP contribution in [0.2, 0.25) is 5.22 Å². The minimum absolute atomic E-state index is 0.0210. The third kappa shape index (κ3) is 2.48. The minimum atomic E-state index is -0.630. The van der Waals surface area contributed by atoms with Gasteiger partial charge >= 0.3 is 0 Å². The Balaban J connectivity index is 1.63. The summed E-state index contributed by atoms with van der Waals surface area (Å²) in [6, 6.07) is 14.9. The summed E-state index contributed by atoms with van der Waals surface area (Å²) < 4.78 is 16.7. The van der Waals surface area contributed by atoms with E-state index in [1.54, 1.807) is 30.2 Å². The van der Waals surface area contributed by atoms with Crippen LogP contribution < -0.4 is 14.4 Å². The third-order valence-electron chi connectivity index (χ3n) is 5.38. The molecule has 2 aliphatic heterocycles. The molecule has 0 saturated heterocycles. The minimum Gasteiger partial charge on any atom is -0.490 e. The number of hydrogen-bond acceptors (Lipinski definition) is 5. The third-order valence-corrected chi connectivity index (χ3v) is 5.58. The van der Waals surface area contributed by atoms with E-state index in [0.717, 1.165) is 16.9 Å². The fourth-order valence-corrected chi connectivity index (χ4v) is 4.24. The Morgan fingerprint density at radius 2 is 2.07 bits per heavy atom. The van der Waals surface area contributed by atoms with Gasteiger partial charge in [0.2, 0.25) is 11.8 Å². The van der Waals surface area contributed by atoms with Crippen LogP contribution in [0.15, 0.2) is 52.9 Å². The topological polar surface area (TPSA) is 64.8 Å². The van der Waals surface area contributed by atoms with Crippen LogP contribution in [-0.4, -0.2) is 24.6 Å². The SMILES string of the molecule is COc1ccc2c(n1)C1(CO2)CC(=O)N(Cc2ccc(Cl)o2)c2ccccc21. The second-order valence-corrected chi connectivity index (χ2v) is 7.32. The van der Waals surface area contributed by atoms with E-state index < -0.39 is 5.41 Å². The monoisotopic (exact) mass is 396 g/mol. The average molecular weight is 397 g/mol. The van der Waals surface area contributed by atoms with Crippen LogP contribution in [0.4, 0.5) is 5.69 Å². The lowest BCUT2D eigenvalue weighted by Crippen LogP contribution is -2.46. The molecule has 0 aliphatic carbocycles. The highest BCUT2D eigenvalue weighted by Gasteiger charge is 2.51. The van der Waals surface area contributed by atoms with Crippen molar-refractivity contribution in [3.63, 3.8) is 0 Å². The summed E-state index contributed by atoms with van der Waals surface area (Å²) in [4.78, 5) is 19.6. The maximum Gasteiger partial charge on any atom is 0.228 e. The van der Waals surface area contributed by atoms with Gasteiger partial charge in [0.05, 0.1) is 19.1 Å². The van der Waals surface area contributed by atoms with E-state index in [-0.39, 0.29) is 12.3 Å². The van der Waals surface area contributed by atoms with Crippen molar-refractivity contribution < 1.29 is 18.7 Å². The number of ether oxygens (including phenoxy) is 2. The molecular weight excluding hydrogens is 380 g/mol. The zero-order valence-corrected chi connectivity index (χ0v) is 15.9. The van der Waals surface area contributed by atoms with E-state index in [0.29, 0.717) is 35.8 Å². The smallest absolute Gasteiger partial charge is 0.228 e. The maximum absolute atomic E-state index is 13.2. The first-order chi connectivity index (χ1) is 13.6. The highest BCUT2D eigenvalue weighted by atomic mass is 35.5. The lowest BCUT2D eigenvalue weighted by atomic mass is 9.72. The van der Waals surface area contributed by atoms with E-state index >= 15 is 0 Å². The number of methoxy groups -OCH3 is 1. The zero-order chi connectivity index (χ0) is 19.3. The highest BCUT2D eigenvalue weighted by molar-refractivity contribution is 6.28. The molecule has 0 fully saturated rings. The number of amides is 1. The number of nitrogens with zero attached hydrogens (tertiary/aromatic N) is 2. The predicted molar refractivity (Wildman–Crippen MR) is 103 cm³/mol. The van der Waals surface area contributed by atoms with E-state index in [9.17, 15) is 4.79 Å². The van der Waals surface area contributed by atoms with Crippen LogP contribution in [0.5, 0.6) is 11.6 Å². The number of carbonyl (C=O) groups is 1. The van der Waals surface area contributed by atoms with Crippen LogP contribution in [-0.2, 0) is 16.8 Å². The van der Waals surface area contributed by atoms with Gasteiger partial charge in [-0.3, -0.25) is 4.79 Å². The molecule has 4 heterocycles. The summed E-state index contributed by atoms with van der Waals surface area (Å²) in [5, 5.41) is 0.304. The summed E-state index contributed by atoms with van der Waals surface area (Å²) in [5.74, 6) is 1.80. The molecule has 2 aromatic heterocycles. The van der Waals surface area contributed by atoms with Gasteiger partial charge in [0.25, 0.3) is 0 Å². The van der Waals surface area contributed by atoms with Crippen molar-refractivity contribution in [2.24, 2.45) is 0 Å². The van der Waals surface area contributed by atoms with E-state index in [4.69, 9.17) is 25.5 Å². The summed E-state index contributed by atoms with van der Waals surface area (Å²) >= 11 is 5.89. The van der Waals surface area contributed by atoms with Crippen LogP contribution in [0.25, 0.3) is 0 Å². The Kier molecular flexibility index (Phi) is 3.84. The molecule has 6 nitrogen and oxygen atoms in total. The van der Waals surface area contributed by atoms with Crippen molar-refractivity contribution in [1.29, 1.82) is 0 Å². The second kappa shape index (κ2) is 6.27. The molecule has 28 heavy (non-hydrogen) atoms. The first-order valence-electron chi connectivity index (χ1n) is 8.93. The van der Waals surface area contributed by atoms with Gasteiger partial charge in [-0.05, 0) is 41.4 Å². The molecule has 2 aliphatic rings. The van der Waals surface area contributed by atoms with Crippen molar-refractivity contribution in [3.8, 4) is 11.6 Å². The predicted octanol–water partition coefficient (Wildman–Crippen LogP) is 3.95. The van der Waals surface area contributed by atoms with Gasteiger partial charge in [0, 0.05) is 18.2 Å². The van der Waals surface area contributed by atoms with Gasteiger partial charge in [-0.2, -0.15) is 0 Å². The van der Waals surface area contributed by atoms with Crippen molar-refractivity contribution in [2.75, 3.05) is 18.6 Å². The number of para-hydroxylation sites is 1. The van der Waals surface area contributed by atoms with E-state index in [2.05, 4.69) is 4.98 Å². The molecule has 142 valence electrons. The summed E-state index contributed by atoms with van der Waals surface area (Å²) in [7, 11) is 1.58. The number of hydrogen-bond donors (Lipinski definition) is 0. The maximum atomic E-state index is 13.2. The molecule has 3 aromatic rings. The molecule has 1 unspecified atom stereocenters. The summed E-state index contributed by atoms with van der Waals surface area (Å²) in [6.07, 6.45) is 0.256. The second-order valence-electron chi connectivity index (χ2n) is 6.95. The van der Waals surface area contributed by atoms with E-state index in [1.165, 1.54) is 0 Å². The highest BCUT2D eigenvalue weighted by Crippen LogP contribution is 2.51. The van der Waals surface area contributed by atoms with Gasteiger partial charge in [-0.1, -0.05) is 18.2 Å². The van der Waals surface area contributed by atoms with Crippen molar-refractivity contribution >= 4 is 23.2 Å². The van der Waals surface area contributed by atoms with Crippen molar-refractivity contribution in [3.05, 3.63) is 70.8 Å². The Hall–Kier alpha value is -2.99. The number of aromatic nitrogens is 1. The lowest BCUT2D eigenvalue weighted by Gasteiger charge is -2.39. The molecule has 1 spiro atoms. The largest absolute Gasteiger partial charge is 0.490 e. The van der Waals surface area contributed by atoms with Gasteiger partial charge in [0.1, 0.15) is 23.8 Å². The molecule has 7 heteroatoms. The Morgan fingerprint density at radius 1 is 1.21 bits per heavy atom. The normalized spacial score (nSPS) is 20.1. The molecule has 0 bridgehead atoms. The zero-order valence-electron chi connectivity index (χ0n) is 15.1. The first kappa shape index (κ1) is 17.1. The number of halogens is 1. The van der Waals surface area contributed by atoms with Crippen molar-refractivity contribution in [1.82, 2.24) is 4.98 Å². The summed E-state index contributed by atoms with van der Waals surface area (Å²) in [6.45, 7) is 0.684. The fraction of sp³-hybridized carbons (Fsp3) is 0.238. The number of furan rings is 1. The van der Waals surface area contributed by atoms with Gasteiger partial charge in [0.15, 0.2) is 5.22 Å². The fourth-order valence-electron chi connectivity index (χ4n) is 4.07. The lowest BCUT2D eigenvalue weighted by molar-refractivity contribution is -0.120. The molecular formula is C21H17ClN2O4. The van der Waals surface area contributed by atoms with Gasteiger partial charge in [-0.15, -0.1) is 0 Å². The Morgan fingerprint density at radius 3 is 2.86 bits per heavy atom. The molecule has 1 atom stereocenters. The Labute approximate surface area is 166 Å². The van der Waals surface area contributed by atoms with E-state index in [1.807, 2.05) is 30.3 Å². The molecule has 1 amide bonds. The standard InChI is InChI=1S/C21H17ClN2O4/c1-26-18-9-7-16-20(23-18)21(12-27-16)10-19(25)24(11-13-6-8-17(22)28-13)15-5-3-2-4-14(15)21/h2-9H,10-12H2,1H3. The van der Waals surface area contributed by atoms with Crippen LogP contribution >= 0.6 is 11.6 Å². The Bertz CT molecular complexity index is 1080. The average Bonchev–Trinajstić information content (AvgIpc) is 3.29. The van der Waals surface area contributed by atoms with Gasteiger partial charge < -0.3 is 18.8 Å². The molecule has 0 radical (unpaired) electrons. The number of rotatable bonds is 3. The molecule has 1 aromatic carbocycles. The first-order valence-corrected chi connectivity index (χ1v) is 9.31. The van der Waals surface area contributed by atoms with Crippen LogP contribution in [0.1, 0.15) is 23.4 Å². The van der Waals surface area contributed by atoms with Crippen LogP contribution in [0.3, 0.4) is 0 Å². The van der Waals surface area contributed by atoms with Crippen molar-refractivity contribution in [2.45, 2.75) is 18.4 Å².